The Kier molecular flexibility index (Phi) is 7.52. The first kappa shape index (κ1) is 16.0. The highest BCUT2D eigenvalue weighted by Crippen LogP contribution is 2.08. The van der Waals surface area contributed by atoms with Crippen molar-refractivity contribution in [2.24, 2.45) is 0 Å². The summed E-state index contributed by atoms with van der Waals surface area (Å²) >= 11 is 0. The molecule has 0 aliphatic heterocycles. The van der Waals surface area contributed by atoms with E-state index in [0.717, 1.165) is 45.2 Å². The predicted molar refractivity (Wildman–Crippen MR) is 79.6 cm³/mol. The number of aromatic nitrogens is 2. The fourth-order valence-electron chi connectivity index (χ4n) is 2.14. The van der Waals surface area contributed by atoms with Gasteiger partial charge >= 0.3 is 0 Å². The Bertz CT molecular complexity index is 336. The van der Waals surface area contributed by atoms with E-state index in [9.17, 15) is 0 Å². The number of nitrogens with zero attached hydrogens (tertiary/aromatic N) is 3. The minimum Gasteiger partial charge on any atom is -0.385 e. The van der Waals surface area contributed by atoms with E-state index in [0.29, 0.717) is 6.04 Å². The molecule has 5 nitrogen and oxygen atoms in total. The zero-order valence-corrected chi connectivity index (χ0v) is 12.7. The molecule has 0 bridgehead atoms. The van der Waals surface area contributed by atoms with Gasteiger partial charge in [0.1, 0.15) is 0 Å². The molecule has 1 N–H and O–H groups in total. The lowest BCUT2D eigenvalue weighted by molar-refractivity contribution is 0.190. The van der Waals surface area contributed by atoms with Gasteiger partial charge in [0.25, 0.3) is 0 Å². The maximum absolute atomic E-state index is 5.08. The first-order chi connectivity index (χ1) is 9.21. The lowest BCUT2D eigenvalue weighted by Crippen LogP contribution is -2.35. The summed E-state index contributed by atoms with van der Waals surface area (Å²) in [6.07, 6.45) is 4.87. The second-order valence-electron chi connectivity index (χ2n) is 4.82. The first-order valence-electron chi connectivity index (χ1n) is 7.20. The van der Waals surface area contributed by atoms with Gasteiger partial charge in [0, 0.05) is 45.2 Å². The average Bonchev–Trinajstić information content (AvgIpc) is 2.83. The van der Waals surface area contributed by atoms with E-state index < -0.39 is 0 Å². The quantitative estimate of drug-likeness (QED) is 0.660. The highest BCUT2D eigenvalue weighted by atomic mass is 16.5. The number of rotatable bonds is 10. The van der Waals surface area contributed by atoms with Crippen molar-refractivity contribution in [2.45, 2.75) is 39.8 Å². The van der Waals surface area contributed by atoms with E-state index in [1.54, 1.807) is 7.11 Å². The van der Waals surface area contributed by atoms with Gasteiger partial charge in [-0.2, -0.15) is 0 Å². The summed E-state index contributed by atoms with van der Waals surface area (Å²) in [5.74, 6) is 0.954. The predicted octanol–water partition coefficient (Wildman–Crippen LogP) is 2.06. The number of hydrogen-bond acceptors (Lipinski definition) is 4. The van der Waals surface area contributed by atoms with Crippen LogP contribution in [0.5, 0.6) is 0 Å². The molecule has 0 aromatic carbocycles. The number of nitrogens with one attached hydrogen (secondary N) is 1. The Labute approximate surface area is 117 Å². The van der Waals surface area contributed by atoms with Gasteiger partial charge < -0.3 is 19.5 Å². The number of ether oxygens (including phenoxy) is 1. The zero-order valence-electron chi connectivity index (χ0n) is 12.7. The standard InChI is InChI=1S/C14H28N4O/c1-5-17(6-2)12-13(3)16-14-15-8-10-18(14)9-7-11-19-4/h8,10,13H,5-7,9,11-12H2,1-4H3,(H,15,16). The third kappa shape index (κ3) is 5.61. The molecule has 5 heteroatoms. The highest BCUT2D eigenvalue weighted by molar-refractivity contribution is 5.27. The molecule has 1 heterocycles. The number of imidazole rings is 1. The normalized spacial score (nSPS) is 12.9. The molecule has 0 aliphatic carbocycles. The van der Waals surface area contributed by atoms with Gasteiger partial charge in [-0.15, -0.1) is 0 Å². The Balaban J connectivity index is 2.45. The van der Waals surface area contributed by atoms with Gasteiger partial charge in [-0.05, 0) is 26.4 Å². The van der Waals surface area contributed by atoms with Crippen molar-refractivity contribution < 1.29 is 4.74 Å². The fraction of sp³-hybridized carbons (Fsp3) is 0.786. The fourth-order valence-corrected chi connectivity index (χ4v) is 2.14. The van der Waals surface area contributed by atoms with Crippen LogP contribution < -0.4 is 5.32 Å². The molecule has 0 fully saturated rings. The lowest BCUT2D eigenvalue weighted by atomic mass is 10.3. The summed E-state index contributed by atoms with van der Waals surface area (Å²) in [7, 11) is 1.74. The van der Waals surface area contributed by atoms with Crippen molar-refractivity contribution in [3.8, 4) is 0 Å². The van der Waals surface area contributed by atoms with Crippen LogP contribution in [-0.2, 0) is 11.3 Å². The van der Waals surface area contributed by atoms with E-state index in [-0.39, 0.29) is 0 Å². The van der Waals surface area contributed by atoms with Crippen LogP contribution in [0.15, 0.2) is 12.4 Å². The zero-order chi connectivity index (χ0) is 14.1. The molecule has 0 aliphatic rings. The molecule has 1 aromatic heterocycles. The molecule has 1 unspecified atom stereocenters. The molecule has 110 valence electrons. The molecule has 1 aromatic rings. The van der Waals surface area contributed by atoms with Crippen LogP contribution in [0.25, 0.3) is 0 Å². The van der Waals surface area contributed by atoms with Crippen molar-refractivity contribution in [1.82, 2.24) is 14.5 Å². The molecule has 0 radical (unpaired) electrons. The van der Waals surface area contributed by atoms with Crippen LogP contribution in [0.4, 0.5) is 5.95 Å². The Morgan fingerprint density at radius 2 is 2.16 bits per heavy atom. The lowest BCUT2D eigenvalue weighted by Gasteiger charge is -2.24. The molecule has 1 atom stereocenters. The number of aryl methyl sites for hydroxylation is 1. The van der Waals surface area contributed by atoms with Crippen molar-refractivity contribution in [3.63, 3.8) is 0 Å². The van der Waals surface area contributed by atoms with Crippen LogP contribution in [0.3, 0.4) is 0 Å². The average molecular weight is 268 g/mol. The maximum atomic E-state index is 5.08. The Morgan fingerprint density at radius 1 is 1.42 bits per heavy atom. The van der Waals surface area contributed by atoms with Crippen LogP contribution >= 0.6 is 0 Å². The summed E-state index contributed by atoms with van der Waals surface area (Å²) in [6.45, 7) is 11.5. The first-order valence-corrected chi connectivity index (χ1v) is 7.20. The smallest absolute Gasteiger partial charge is 0.203 e. The molecule has 0 amide bonds. The molecule has 19 heavy (non-hydrogen) atoms. The largest absolute Gasteiger partial charge is 0.385 e. The van der Waals surface area contributed by atoms with Crippen molar-refractivity contribution in [1.29, 1.82) is 0 Å². The number of likely N-dealkylation sites (N-methyl/N-ethyl adjacent to an activating group) is 1. The molecular formula is C14H28N4O. The van der Waals surface area contributed by atoms with Crippen LogP contribution in [0, 0.1) is 0 Å². The third-order valence-electron chi connectivity index (χ3n) is 3.26. The van der Waals surface area contributed by atoms with Crippen LogP contribution in [-0.4, -0.2) is 53.8 Å². The van der Waals surface area contributed by atoms with Gasteiger partial charge in [-0.3, -0.25) is 0 Å². The highest BCUT2D eigenvalue weighted by Gasteiger charge is 2.10. The van der Waals surface area contributed by atoms with Gasteiger partial charge in [-0.1, -0.05) is 13.8 Å². The molecule has 1 rings (SSSR count). The van der Waals surface area contributed by atoms with Gasteiger partial charge in [0.05, 0.1) is 0 Å². The molecular weight excluding hydrogens is 240 g/mol. The monoisotopic (exact) mass is 268 g/mol. The summed E-state index contributed by atoms with van der Waals surface area (Å²) in [5.41, 5.74) is 0. The van der Waals surface area contributed by atoms with E-state index >= 15 is 0 Å². The number of methoxy groups -OCH3 is 1. The number of hydrogen-bond donors (Lipinski definition) is 1. The van der Waals surface area contributed by atoms with Crippen molar-refractivity contribution in [3.05, 3.63) is 12.4 Å². The number of anilines is 1. The molecule has 0 saturated heterocycles. The van der Waals surface area contributed by atoms with Gasteiger partial charge in [-0.25, -0.2) is 4.98 Å². The van der Waals surface area contributed by atoms with E-state index in [2.05, 4.69) is 40.5 Å². The topological polar surface area (TPSA) is 42.3 Å². The second kappa shape index (κ2) is 8.93. The summed E-state index contributed by atoms with van der Waals surface area (Å²) in [6, 6.07) is 0.392. The van der Waals surface area contributed by atoms with E-state index in [1.807, 2.05) is 12.4 Å². The minimum atomic E-state index is 0.392. The Morgan fingerprint density at radius 3 is 2.79 bits per heavy atom. The van der Waals surface area contributed by atoms with Crippen LogP contribution in [0.1, 0.15) is 27.2 Å². The van der Waals surface area contributed by atoms with Crippen molar-refractivity contribution in [2.75, 3.05) is 38.7 Å². The molecule has 0 saturated carbocycles. The summed E-state index contributed by atoms with van der Waals surface area (Å²) in [4.78, 5) is 6.80. The second-order valence-corrected chi connectivity index (χ2v) is 4.82. The SMILES string of the molecule is CCN(CC)CC(C)Nc1nccn1CCCOC. The maximum Gasteiger partial charge on any atom is 0.203 e. The van der Waals surface area contributed by atoms with E-state index in [1.165, 1.54) is 0 Å². The molecule has 0 spiro atoms. The van der Waals surface area contributed by atoms with Crippen LogP contribution in [0.2, 0.25) is 0 Å². The Hall–Kier alpha value is -1.07. The summed E-state index contributed by atoms with van der Waals surface area (Å²) in [5, 5.41) is 3.49. The third-order valence-corrected chi connectivity index (χ3v) is 3.26. The van der Waals surface area contributed by atoms with Crippen molar-refractivity contribution >= 4 is 5.95 Å². The van der Waals surface area contributed by atoms with Gasteiger partial charge in [0.15, 0.2) is 0 Å². The minimum absolute atomic E-state index is 0.392. The van der Waals surface area contributed by atoms with E-state index in [4.69, 9.17) is 4.74 Å². The summed E-state index contributed by atoms with van der Waals surface area (Å²) < 4.78 is 7.23. The van der Waals surface area contributed by atoms with Gasteiger partial charge in [0.2, 0.25) is 5.95 Å².